The minimum Gasteiger partial charge on any atom is -0.465 e. The van der Waals surface area contributed by atoms with Crippen LogP contribution in [0.2, 0.25) is 0 Å². The molecule has 0 unspecified atom stereocenters. The number of alkyl carbamates (subject to hydrolysis) is 1. The third kappa shape index (κ3) is 8.00. The Morgan fingerprint density at radius 2 is 1.69 bits per heavy atom. The molecular formula is C48H50N8O9. The molecule has 9 rings (SSSR count). The van der Waals surface area contributed by atoms with Crippen LogP contribution < -0.4 is 16.3 Å². The van der Waals surface area contributed by atoms with Gasteiger partial charge in [0.15, 0.2) is 0 Å². The molecule has 3 aromatic heterocycles. The van der Waals surface area contributed by atoms with Crippen LogP contribution in [0, 0.1) is 11.8 Å². The molecule has 2 aliphatic rings. The first-order valence-electron chi connectivity index (χ1n) is 21.7. The molecule has 17 nitrogen and oxygen atoms in total. The summed E-state index contributed by atoms with van der Waals surface area (Å²) in [6.45, 7) is 6.51. The third-order valence-electron chi connectivity index (χ3n) is 12.9. The van der Waals surface area contributed by atoms with Crippen LogP contribution in [0.15, 0.2) is 88.2 Å². The van der Waals surface area contributed by atoms with Crippen LogP contribution >= 0.6 is 0 Å². The fourth-order valence-electron chi connectivity index (χ4n) is 9.72. The summed E-state index contributed by atoms with van der Waals surface area (Å²) in [4.78, 5) is 85.9. The Morgan fingerprint density at radius 3 is 2.43 bits per heavy atom. The Kier molecular flexibility index (Phi) is 11.5. The highest BCUT2D eigenvalue weighted by Gasteiger charge is 2.43. The number of aromatic amines is 2. The van der Waals surface area contributed by atoms with E-state index in [4.69, 9.17) is 23.9 Å². The van der Waals surface area contributed by atoms with Gasteiger partial charge in [0, 0.05) is 42.0 Å². The Balaban J connectivity index is 1.02. The first kappa shape index (κ1) is 43.0. The number of rotatable bonds is 11. The van der Waals surface area contributed by atoms with Gasteiger partial charge in [0.1, 0.15) is 29.3 Å². The van der Waals surface area contributed by atoms with Crippen LogP contribution in [0.3, 0.4) is 0 Å². The average molecular weight is 883 g/mol. The monoisotopic (exact) mass is 882 g/mol. The summed E-state index contributed by atoms with van der Waals surface area (Å²) in [7, 11) is 2.88. The van der Waals surface area contributed by atoms with Crippen molar-refractivity contribution in [3.05, 3.63) is 107 Å². The number of hydrogen-bond acceptors (Lipinski definition) is 10. The fourth-order valence-corrected chi connectivity index (χ4v) is 9.72. The summed E-state index contributed by atoms with van der Waals surface area (Å²) in [6.07, 6.45) is 1.68. The van der Waals surface area contributed by atoms with Crippen molar-refractivity contribution in [2.24, 2.45) is 11.8 Å². The standard InChI is InChI=1S/C48H50N8O9/c1-24(2)39(54-48(62)64-5)45(58)56-25(3)11-16-36(56)43-50-34-15-13-28-18-32-30-14-12-29(19-33(30)46(59)65-38(32)20-31(28)41(34)52-43)35-21-49-42(51-35)37-17-26(23-63-4)22-55(37)44(57)40(53-47(60)61)27-9-7-6-8-10-27/h6-10,12-15,18-21,24-26,36-37,39-40,53H,11,16-17,22-23H2,1-5H3,(H,49,51)(H,50,52)(H,54,62)(H,60,61)/t25-,26-,36-,37-,39-,40+/m0/s1. The largest absolute Gasteiger partial charge is 0.465 e. The summed E-state index contributed by atoms with van der Waals surface area (Å²) < 4.78 is 16.3. The van der Waals surface area contributed by atoms with Crippen molar-refractivity contribution >= 4 is 67.5 Å². The maximum Gasteiger partial charge on any atom is 0.407 e. The topological polar surface area (TPSA) is 225 Å². The zero-order valence-corrected chi connectivity index (χ0v) is 36.6. The van der Waals surface area contributed by atoms with E-state index in [0.717, 1.165) is 28.1 Å². The second kappa shape index (κ2) is 17.4. The lowest BCUT2D eigenvalue weighted by Crippen LogP contribution is -2.52. The van der Waals surface area contributed by atoms with Crippen LogP contribution in [0.25, 0.3) is 54.8 Å². The Bertz CT molecular complexity index is 3030. The predicted molar refractivity (Wildman–Crippen MR) is 242 cm³/mol. The van der Waals surface area contributed by atoms with E-state index in [1.807, 2.05) is 62.1 Å². The molecule has 65 heavy (non-hydrogen) atoms. The Hall–Kier alpha value is -7.27. The van der Waals surface area contributed by atoms with Gasteiger partial charge >= 0.3 is 17.8 Å². The number of nitrogens with one attached hydrogen (secondary N) is 4. The molecule has 2 aliphatic heterocycles. The third-order valence-corrected chi connectivity index (χ3v) is 12.9. The fraction of sp³-hybridized carbons (Fsp3) is 0.354. The molecule has 0 bridgehead atoms. The van der Waals surface area contributed by atoms with Crippen molar-refractivity contribution in [1.82, 2.24) is 40.4 Å². The summed E-state index contributed by atoms with van der Waals surface area (Å²) in [5, 5.41) is 18.3. The number of methoxy groups -OCH3 is 2. The second-order valence-corrected chi connectivity index (χ2v) is 17.4. The second-order valence-electron chi connectivity index (χ2n) is 17.4. The number of likely N-dealkylation sites (tertiary alicyclic amines) is 2. The van der Waals surface area contributed by atoms with Gasteiger partial charge in [0.25, 0.3) is 5.91 Å². The number of amides is 4. The van der Waals surface area contributed by atoms with Gasteiger partial charge in [-0.3, -0.25) is 9.59 Å². The van der Waals surface area contributed by atoms with E-state index in [1.165, 1.54) is 7.11 Å². The Labute approximate surface area is 372 Å². The summed E-state index contributed by atoms with van der Waals surface area (Å²) >= 11 is 0. The quantitative estimate of drug-likeness (QED) is 0.0491. The molecule has 0 radical (unpaired) electrons. The molecule has 2 fully saturated rings. The molecule has 6 atom stereocenters. The van der Waals surface area contributed by atoms with Gasteiger partial charge < -0.3 is 49.4 Å². The van der Waals surface area contributed by atoms with Crippen LogP contribution in [0.5, 0.6) is 0 Å². The van der Waals surface area contributed by atoms with Crippen molar-refractivity contribution in [3.8, 4) is 11.3 Å². The van der Waals surface area contributed by atoms with Crippen LogP contribution in [0.4, 0.5) is 9.59 Å². The first-order chi connectivity index (χ1) is 31.3. The zero-order valence-electron chi connectivity index (χ0n) is 36.6. The minimum atomic E-state index is -1.31. The van der Waals surface area contributed by atoms with Crippen molar-refractivity contribution in [3.63, 3.8) is 0 Å². The molecule has 5 N–H and O–H groups in total. The van der Waals surface area contributed by atoms with E-state index >= 15 is 0 Å². The molecule has 0 spiro atoms. The minimum absolute atomic E-state index is 0.0113. The van der Waals surface area contributed by atoms with Gasteiger partial charge in [-0.15, -0.1) is 0 Å². The van der Waals surface area contributed by atoms with Crippen LogP contribution in [-0.2, 0) is 19.1 Å². The number of fused-ring (bicyclic) bond motifs is 6. The van der Waals surface area contributed by atoms with Gasteiger partial charge in [0.05, 0.1) is 54.1 Å². The average Bonchev–Trinajstić information content (AvgIpc) is 4.13. The molecular weight excluding hydrogens is 833 g/mol. The van der Waals surface area contributed by atoms with E-state index in [2.05, 4.69) is 20.6 Å². The Morgan fingerprint density at radius 1 is 0.892 bits per heavy atom. The van der Waals surface area contributed by atoms with E-state index in [0.29, 0.717) is 76.3 Å². The van der Waals surface area contributed by atoms with Crippen molar-refractivity contribution in [2.45, 2.75) is 70.2 Å². The first-order valence-corrected chi connectivity index (χ1v) is 21.7. The van der Waals surface area contributed by atoms with E-state index < -0.39 is 41.8 Å². The van der Waals surface area contributed by atoms with Crippen LogP contribution in [-0.4, -0.2) is 98.3 Å². The molecule has 2 saturated heterocycles. The SMILES string of the molecule is COC[C@H]1C[C@@H](c2ncc(-c3ccc4c(c3)c(=O)oc3cc5c(ccc6nc([C@@H]7CC[C@H](C)N7C(=O)[C@@H](NC(=O)OC)C(C)C)[nH]c65)cc34)[nH]2)N(C(=O)[C@H](NC(=O)O)c2ccccc2)C1. The van der Waals surface area contributed by atoms with E-state index in [9.17, 15) is 29.1 Å². The summed E-state index contributed by atoms with van der Waals surface area (Å²) in [6, 6.07) is 19.2. The van der Waals surface area contributed by atoms with E-state index in [-0.39, 0.29) is 29.8 Å². The van der Waals surface area contributed by atoms with Gasteiger partial charge in [-0.1, -0.05) is 62.4 Å². The lowest BCUT2D eigenvalue weighted by Gasteiger charge is -2.32. The number of hydrogen-bond donors (Lipinski definition) is 5. The lowest BCUT2D eigenvalue weighted by molar-refractivity contribution is -0.137. The van der Waals surface area contributed by atoms with Gasteiger partial charge in [-0.25, -0.2) is 24.4 Å². The number of aromatic nitrogens is 4. The number of ether oxygens (including phenoxy) is 2. The highest BCUT2D eigenvalue weighted by molar-refractivity contribution is 6.14. The molecule has 7 aromatic rings. The number of nitrogens with zero attached hydrogens (tertiary/aromatic N) is 4. The molecule has 17 heteroatoms. The van der Waals surface area contributed by atoms with E-state index in [1.54, 1.807) is 54.6 Å². The number of imidazole rings is 2. The molecule has 4 amide bonds. The highest BCUT2D eigenvalue weighted by atomic mass is 16.5. The van der Waals surface area contributed by atoms with Crippen molar-refractivity contribution in [2.75, 3.05) is 27.4 Å². The highest BCUT2D eigenvalue weighted by Crippen LogP contribution is 2.40. The molecule has 5 heterocycles. The van der Waals surface area contributed by atoms with Crippen molar-refractivity contribution in [1.29, 1.82) is 0 Å². The number of carbonyl (C=O) groups excluding carboxylic acids is 3. The number of carboxylic acid groups (broad SMARTS) is 1. The maximum atomic E-state index is 14.1. The van der Waals surface area contributed by atoms with Gasteiger partial charge in [-0.05, 0) is 72.7 Å². The van der Waals surface area contributed by atoms with Crippen molar-refractivity contribution < 1.29 is 38.2 Å². The summed E-state index contributed by atoms with van der Waals surface area (Å²) in [5.41, 5.74) is 3.16. The number of H-pyrrole nitrogens is 2. The summed E-state index contributed by atoms with van der Waals surface area (Å²) in [5.74, 6) is 0.374. The zero-order chi connectivity index (χ0) is 45.7. The van der Waals surface area contributed by atoms with Gasteiger partial charge in [0.2, 0.25) is 5.91 Å². The van der Waals surface area contributed by atoms with Gasteiger partial charge in [-0.2, -0.15) is 0 Å². The molecule has 4 aromatic carbocycles. The predicted octanol–water partition coefficient (Wildman–Crippen LogP) is 7.34. The van der Waals surface area contributed by atoms with Crippen LogP contribution in [0.1, 0.15) is 75.4 Å². The molecule has 336 valence electrons. The number of carbonyl (C=O) groups is 4. The lowest BCUT2D eigenvalue weighted by atomic mass is 10.0. The molecule has 0 aliphatic carbocycles. The molecule has 0 saturated carbocycles. The smallest absolute Gasteiger partial charge is 0.407 e. The normalized spacial score (nSPS) is 19.7. The maximum absolute atomic E-state index is 14.1. The number of benzene rings is 4.